The predicted octanol–water partition coefficient (Wildman–Crippen LogP) is 2.23. The lowest BCUT2D eigenvalue weighted by atomic mass is 9.96. The molecule has 1 heterocycles. The molecule has 0 atom stereocenters. The SMILES string of the molecule is Cc1cnc(CCN=C(N)NC2CCCCC2)s1. The monoisotopic (exact) mass is 266 g/mol. The van der Waals surface area contributed by atoms with Gasteiger partial charge in [-0.2, -0.15) is 0 Å². The Labute approximate surface area is 113 Å². The lowest BCUT2D eigenvalue weighted by Crippen LogP contribution is -2.41. The second kappa shape index (κ2) is 6.73. The maximum Gasteiger partial charge on any atom is 0.188 e. The van der Waals surface area contributed by atoms with Gasteiger partial charge in [0.15, 0.2) is 5.96 Å². The Morgan fingerprint density at radius 3 is 2.94 bits per heavy atom. The third-order valence-electron chi connectivity index (χ3n) is 3.23. The van der Waals surface area contributed by atoms with Crippen molar-refractivity contribution >= 4 is 17.3 Å². The maximum absolute atomic E-state index is 5.90. The molecular formula is C13H22N4S. The minimum Gasteiger partial charge on any atom is -0.370 e. The number of hydrogen-bond donors (Lipinski definition) is 2. The van der Waals surface area contributed by atoms with Gasteiger partial charge in [-0.15, -0.1) is 11.3 Å². The molecular weight excluding hydrogens is 244 g/mol. The number of rotatable bonds is 4. The van der Waals surface area contributed by atoms with Crippen LogP contribution in [0, 0.1) is 6.92 Å². The Bertz CT molecular complexity index is 393. The number of aromatic nitrogens is 1. The normalized spacial score (nSPS) is 17.9. The standard InChI is InChI=1S/C13H22N4S/c1-10-9-16-12(18-10)7-8-15-13(14)17-11-5-3-2-4-6-11/h9,11H,2-8H2,1H3,(H3,14,15,17). The molecule has 1 aromatic heterocycles. The Morgan fingerprint density at radius 2 is 2.28 bits per heavy atom. The molecule has 5 heteroatoms. The van der Waals surface area contributed by atoms with E-state index in [0.717, 1.165) is 18.0 Å². The van der Waals surface area contributed by atoms with Gasteiger partial charge in [0, 0.05) is 30.1 Å². The van der Waals surface area contributed by atoms with E-state index in [1.807, 2.05) is 6.20 Å². The molecule has 0 bridgehead atoms. The van der Waals surface area contributed by atoms with Crippen molar-refractivity contribution < 1.29 is 0 Å². The molecule has 0 amide bonds. The first kappa shape index (κ1) is 13.3. The molecule has 0 aliphatic heterocycles. The van der Waals surface area contributed by atoms with Gasteiger partial charge in [-0.1, -0.05) is 19.3 Å². The topological polar surface area (TPSA) is 63.3 Å². The zero-order chi connectivity index (χ0) is 12.8. The van der Waals surface area contributed by atoms with Crippen molar-refractivity contribution in [3.63, 3.8) is 0 Å². The van der Waals surface area contributed by atoms with E-state index in [-0.39, 0.29) is 0 Å². The maximum atomic E-state index is 5.90. The summed E-state index contributed by atoms with van der Waals surface area (Å²) in [5.74, 6) is 0.593. The molecule has 1 saturated carbocycles. The minimum absolute atomic E-state index is 0.532. The fourth-order valence-electron chi connectivity index (χ4n) is 2.29. The van der Waals surface area contributed by atoms with Gasteiger partial charge in [0.25, 0.3) is 0 Å². The molecule has 0 radical (unpaired) electrons. The summed E-state index contributed by atoms with van der Waals surface area (Å²) < 4.78 is 0. The Hall–Kier alpha value is -1.10. The van der Waals surface area contributed by atoms with Crippen molar-refractivity contribution in [2.75, 3.05) is 6.54 Å². The quantitative estimate of drug-likeness (QED) is 0.649. The van der Waals surface area contributed by atoms with E-state index in [9.17, 15) is 0 Å². The smallest absolute Gasteiger partial charge is 0.188 e. The molecule has 2 rings (SSSR count). The molecule has 1 aromatic rings. The van der Waals surface area contributed by atoms with E-state index in [0.29, 0.717) is 12.0 Å². The average Bonchev–Trinajstić information content (AvgIpc) is 2.76. The van der Waals surface area contributed by atoms with Crippen LogP contribution >= 0.6 is 11.3 Å². The first-order valence-electron chi connectivity index (χ1n) is 6.72. The van der Waals surface area contributed by atoms with Crippen molar-refractivity contribution in [3.8, 4) is 0 Å². The lowest BCUT2D eigenvalue weighted by Gasteiger charge is -2.23. The molecule has 1 fully saturated rings. The van der Waals surface area contributed by atoms with Gasteiger partial charge < -0.3 is 11.1 Å². The number of hydrogen-bond acceptors (Lipinski definition) is 3. The number of thiazole rings is 1. The molecule has 0 saturated heterocycles. The van der Waals surface area contributed by atoms with Gasteiger partial charge in [0.2, 0.25) is 0 Å². The summed E-state index contributed by atoms with van der Waals surface area (Å²) in [5.41, 5.74) is 5.90. The highest BCUT2D eigenvalue weighted by molar-refractivity contribution is 7.11. The predicted molar refractivity (Wildman–Crippen MR) is 77.1 cm³/mol. The third kappa shape index (κ3) is 4.29. The third-order valence-corrected chi connectivity index (χ3v) is 4.21. The highest BCUT2D eigenvalue weighted by Gasteiger charge is 2.13. The van der Waals surface area contributed by atoms with Crippen LogP contribution in [0.3, 0.4) is 0 Å². The van der Waals surface area contributed by atoms with Crippen LogP contribution in [0.25, 0.3) is 0 Å². The van der Waals surface area contributed by atoms with Crippen molar-refractivity contribution in [3.05, 3.63) is 16.1 Å². The second-order valence-corrected chi connectivity index (χ2v) is 6.18. The number of nitrogens with two attached hydrogens (primary N) is 1. The Balaban J connectivity index is 1.71. The van der Waals surface area contributed by atoms with Crippen molar-refractivity contribution in [2.45, 2.75) is 51.5 Å². The largest absolute Gasteiger partial charge is 0.370 e. The summed E-state index contributed by atoms with van der Waals surface area (Å²) in [4.78, 5) is 9.94. The fourth-order valence-corrected chi connectivity index (χ4v) is 3.07. The number of nitrogens with one attached hydrogen (secondary N) is 1. The summed E-state index contributed by atoms with van der Waals surface area (Å²) in [6.07, 6.45) is 9.22. The van der Waals surface area contributed by atoms with E-state index in [1.54, 1.807) is 11.3 Å². The second-order valence-electron chi connectivity index (χ2n) is 4.86. The average molecular weight is 266 g/mol. The van der Waals surface area contributed by atoms with Crippen molar-refractivity contribution in [1.82, 2.24) is 10.3 Å². The minimum atomic E-state index is 0.532. The zero-order valence-electron chi connectivity index (χ0n) is 11.0. The summed E-state index contributed by atoms with van der Waals surface area (Å²) in [6, 6.07) is 0.532. The summed E-state index contributed by atoms with van der Waals surface area (Å²) in [7, 11) is 0. The van der Waals surface area contributed by atoms with E-state index in [1.165, 1.54) is 37.0 Å². The van der Waals surface area contributed by atoms with Gasteiger partial charge in [0.1, 0.15) is 0 Å². The molecule has 4 nitrogen and oxygen atoms in total. The van der Waals surface area contributed by atoms with Crippen LogP contribution < -0.4 is 11.1 Å². The number of nitrogens with zero attached hydrogens (tertiary/aromatic N) is 2. The highest BCUT2D eigenvalue weighted by Crippen LogP contribution is 2.17. The zero-order valence-corrected chi connectivity index (χ0v) is 11.8. The number of guanidine groups is 1. The summed E-state index contributed by atoms with van der Waals surface area (Å²) >= 11 is 1.73. The number of aliphatic imine (C=N–C) groups is 1. The highest BCUT2D eigenvalue weighted by atomic mass is 32.1. The molecule has 0 aromatic carbocycles. The van der Waals surface area contributed by atoms with Crippen LogP contribution in [0.4, 0.5) is 0 Å². The van der Waals surface area contributed by atoms with Gasteiger partial charge >= 0.3 is 0 Å². The fraction of sp³-hybridized carbons (Fsp3) is 0.692. The van der Waals surface area contributed by atoms with Crippen LogP contribution in [0.2, 0.25) is 0 Å². The van der Waals surface area contributed by atoms with E-state index < -0.39 is 0 Å². The molecule has 1 aliphatic rings. The molecule has 3 N–H and O–H groups in total. The summed E-state index contributed by atoms with van der Waals surface area (Å²) in [5, 5.41) is 4.46. The van der Waals surface area contributed by atoms with Crippen molar-refractivity contribution in [1.29, 1.82) is 0 Å². The van der Waals surface area contributed by atoms with E-state index in [2.05, 4.69) is 22.2 Å². The van der Waals surface area contributed by atoms with Gasteiger partial charge in [-0.3, -0.25) is 4.99 Å². The van der Waals surface area contributed by atoms with Gasteiger partial charge in [-0.25, -0.2) is 4.98 Å². The molecule has 0 unspecified atom stereocenters. The molecule has 100 valence electrons. The van der Waals surface area contributed by atoms with Gasteiger partial charge in [-0.05, 0) is 19.8 Å². The van der Waals surface area contributed by atoms with Crippen LogP contribution in [0.1, 0.15) is 42.0 Å². The summed E-state index contributed by atoms with van der Waals surface area (Å²) in [6.45, 7) is 2.79. The van der Waals surface area contributed by atoms with Crippen LogP contribution in [-0.2, 0) is 6.42 Å². The van der Waals surface area contributed by atoms with Crippen LogP contribution in [0.15, 0.2) is 11.2 Å². The molecule has 18 heavy (non-hydrogen) atoms. The van der Waals surface area contributed by atoms with Crippen LogP contribution in [0.5, 0.6) is 0 Å². The molecule has 0 spiro atoms. The molecule has 1 aliphatic carbocycles. The first-order valence-corrected chi connectivity index (χ1v) is 7.53. The lowest BCUT2D eigenvalue weighted by molar-refractivity contribution is 0.412. The van der Waals surface area contributed by atoms with Crippen LogP contribution in [-0.4, -0.2) is 23.5 Å². The van der Waals surface area contributed by atoms with E-state index >= 15 is 0 Å². The van der Waals surface area contributed by atoms with Gasteiger partial charge in [0.05, 0.1) is 5.01 Å². The first-order chi connectivity index (χ1) is 8.74. The number of aryl methyl sites for hydroxylation is 1. The Kier molecular flexibility index (Phi) is 4.99. The van der Waals surface area contributed by atoms with E-state index in [4.69, 9.17) is 5.73 Å². The Morgan fingerprint density at radius 1 is 1.50 bits per heavy atom. The van der Waals surface area contributed by atoms with Crippen molar-refractivity contribution in [2.24, 2.45) is 10.7 Å².